The highest BCUT2D eigenvalue weighted by Gasteiger charge is 2.30. The first-order chi connectivity index (χ1) is 15.9. The number of carbonyl (C=O) groups is 3. The molecule has 0 saturated heterocycles. The summed E-state index contributed by atoms with van der Waals surface area (Å²) in [4.78, 5) is 36.2. The highest BCUT2D eigenvalue weighted by Crippen LogP contribution is 2.44. The molecule has 8 heteroatoms. The Morgan fingerprint density at radius 3 is 2.06 bits per heavy atom. The summed E-state index contributed by atoms with van der Waals surface area (Å²) in [5.74, 6) is -2.67. The van der Waals surface area contributed by atoms with Crippen molar-refractivity contribution in [3.63, 3.8) is 0 Å². The van der Waals surface area contributed by atoms with Crippen molar-refractivity contribution in [2.45, 2.75) is 18.4 Å². The first-order valence-electron chi connectivity index (χ1n) is 10.3. The lowest BCUT2D eigenvalue weighted by molar-refractivity contribution is -0.139. The second-order valence-electron chi connectivity index (χ2n) is 7.62. The second-order valence-corrected chi connectivity index (χ2v) is 7.62. The Kier molecular flexibility index (Phi) is 6.35. The summed E-state index contributed by atoms with van der Waals surface area (Å²) in [6.45, 7) is 0.0270. The monoisotopic (exact) mass is 448 g/mol. The Labute approximate surface area is 189 Å². The van der Waals surface area contributed by atoms with Gasteiger partial charge in [-0.05, 0) is 46.5 Å². The third-order valence-corrected chi connectivity index (χ3v) is 5.44. The molecule has 0 radical (unpaired) electrons. The van der Waals surface area contributed by atoms with Crippen molar-refractivity contribution in [2.75, 3.05) is 11.9 Å². The molecule has 1 aliphatic rings. The SMILES string of the molecule is O=C(O)CC(NC(=O)OCC1c2ccccc2-c2ccccc21)C(=O)Nc1ccc(F)cc1. The predicted octanol–water partition coefficient (Wildman–Crippen LogP) is 4.15. The number of amides is 2. The highest BCUT2D eigenvalue weighted by molar-refractivity contribution is 5.98. The van der Waals surface area contributed by atoms with Crippen LogP contribution in [0, 0.1) is 5.82 Å². The van der Waals surface area contributed by atoms with Crippen molar-refractivity contribution in [2.24, 2.45) is 0 Å². The van der Waals surface area contributed by atoms with E-state index in [1.54, 1.807) is 0 Å². The zero-order valence-corrected chi connectivity index (χ0v) is 17.5. The van der Waals surface area contributed by atoms with Gasteiger partial charge >= 0.3 is 12.1 Å². The van der Waals surface area contributed by atoms with Crippen LogP contribution < -0.4 is 10.6 Å². The minimum Gasteiger partial charge on any atom is -0.481 e. The van der Waals surface area contributed by atoms with Crippen molar-refractivity contribution in [1.82, 2.24) is 5.32 Å². The van der Waals surface area contributed by atoms with Gasteiger partial charge in [-0.25, -0.2) is 9.18 Å². The van der Waals surface area contributed by atoms with Crippen LogP contribution in [0.5, 0.6) is 0 Å². The number of carboxylic acid groups (broad SMARTS) is 1. The lowest BCUT2D eigenvalue weighted by atomic mass is 9.98. The zero-order valence-electron chi connectivity index (χ0n) is 17.5. The molecule has 33 heavy (non-hydrogen) atoms. The molecule has 3 aromatic carbocycles. The van der Waals surface area contributed by atoms with E-state index >= 15 is 0 Å². The summed E-state index contributed by atoms with van der Waals surface area (Å²) in [7, 11) is 0. The standard InChI is InChI=1S/C25H21FN2O5/c26-15-9-11-16(12-10-15)27-24(31)22(13-23(29)30)28-25(32)33-14-21-19-7-3-1-5-17(19)18-6-2-4-8-20(18)21/h1-12,21-22H,13-14H2,(H,27,31)(H,28,32)(H,29,30). The molecule has 1 aliphatic carbocycles. The number of rotatable bonds is 7. The van der Waals surface area contributed by atoms with Gasteiger partial charge in [0.2, 0.25) is 5.91 Å². The molecule has 1 unspecified atom stereocenters. The first kappa shape index (κ1) is 22.0. The maximum absolute atomic E-state index is 13.1. The van der Waals surface area contributed by atoms with Gasteiger partial charge in [0.1, 0.15) is 18.5 Å². The van der Waals surface area contributed by atoms with E-state index in [4.69, 9.17) is 9.84 Å². The maximum atomic E-state index is 13.1. The van der Waals surface area contributed by atoms with Gasteiger partial charge < -0.3 is 20.5 Å². The topological polar surface area (TPSA) is 105 Å². The molecule has 3 N–H and O–H groups in total. The molecule has 0 fully saturated rings. The molecular formula is C25H21FN2O5. The normalized spacial score (nSPS) is 12.9. The van der Waals surface area contributed by atoms with Crippen LogP contribution in [0.4, 0.5) is 14.9 Å². The third-order valence-electron chi connectivity index (χ3n) is 5.44. The first-order valence-corrected chi connectivity index (χ1v) is 10.3. The fourth-order valence-corrected chi connectivity index (χ4v) is 3.93. The Hall–Kier alpha value is -4.20. The number of carboxylic acids is 1. The predicted molar refractivity (Wildman–Crippen MR) is 119 cm³/mol. The third kappa shape index (κ3) is 5.01. The van der Waals surface area contributed by atoms with E-state index in [-0.39, 0.29) is 18.2 Å². The molecule has 7 nitrogen and oxygen atoms in total. The van der Waals surface area contributed by atoms with E-state index in [0.717, 1.165) is 34.4 Å². The average Bonchev–Trinajstić information content (AvgIpc) is 3.12. The number of hydrogen-bond acceptors (Lipinski definition) is 4. The van der Waals surface area contributed by atoms with Crippen molar-refractivity contribution in [3.05, 3.63) is 89.7 Å². The van der Waals surface area contributed by atoms with Crippen LogP contribution in [0.15, 0.2) is 72.8 Å². The van der Waals surface area contributed by atoms with Crippen molar-refractivity contribution >= 4 is 23.7 Å². The highest BCUT2D eigenvalue weighted by atomic mass is 19.1. The molecule has 0 aromatic heterocycles. The molecule has 0 spiro atoms. The van der Waals surface area contributed by atoms with Gasteiger partial charge in [-0.15, -0.1) is 0 Å². The van der Waals surface area contributed by atoms with Gasteiger partial charge in [0.05, 0.1) is 6.42 Å². The fourth-order valence-electron chi connectivity index (χ4n) is 3.93. The molecule has 4 rings (SSSR count). The van der Waals surface area contributed by atoms with E-state index in [9.17, 15) is 18.8 Å². The maximum Gasteiger partial charge on any atom is 0.407 e. The van der Waals surface area contributed by atoms with Gasteiger partial charge in [0.25, 0.3) is 0 Å². The van der Waals surface area contributed by atoms with Crippen molar-refractivity contribution < 1.29 is 28.6 Å². The van der Waals surface area contributed by atoms with Gasteiger partial charge in [-0.2, -0.15) is 0 Å². The van der Waals surface area contributed by atoms with Crippen LogP contribution in [0.1, 0.15) is 23.5 Å². The van der Waals surface area contributed by atoms with Gasteiger partial charge in [-0.3, -0.25) is 9.59 Å². The Morgan fingerprint density at radius 1 is 0.909 bits per heavy atom. The number of carbonyl (C=O) groups excluding carboxylic acids is 2. The molecule has 168 valence electrons. The van der Waals surface area contributed by atoms with Crippen LogP contribution in [0.25, 0.3) is 11.1 Å². The molecule has 0 bridgehead atoms. The largest absolute Gasteiger partial charge is 0.481 e. The summed E-state index contributed by atoms with van der Waals surface area (Å²) in [6, 6.07) is 19.3. The molecule has 1 atom stereocenters. The molecule has 2 amide bonds. The van der Waals surface area contributed by atoms with E-state index in [0.29, 0.717) is 0 Å². The Morgan fingerprint density at radius 2 is 1.48 bits per heavy atom. The molecular weight excluding hydrogens is 427 g/mol. The summed E-state index contributed by atoms with van der Waals surface area (Å²) >= 11 is 0. The molecule has 0 saturated carbocycles. The second kappa shape index (κ2) is 9.52. The minimum absolute atomic E-state index is 0.0270. The number of alkyl carbamates (subject to hydrolysis) is 1. The number of fused-ring (bicyclic) bond motifs is 3. The van der Waals surface area contributed by atoms with Crippen LogP contribution in [-0.2, 0) is 14.3 Å². The molecule has 0 aliphatic heterocycles. The number of aliphatic carboxylic acids is 1. The quantitative estimate of drug-likeness (QED) is 0.504. The van der Waals surface area contributed by atoms with E-state index in [2.05, 4.69) is 10.6 Å². The number of anilines is 1. The van der Waals surface area contributed by atoms with Crippen LogP contribution in [-0.4, -0.2) is 35.7 Å². The summed E-state index contributed by atoms with van der Waals surface area (Å²) in [5.41, 5.74) is 4.48. The summed E-state index contributed by atoms with van der Waals surface area (Å²) in [5, 5.41) is 13.9. The lowest BCUT2D eigenvalue weighted by Crippen LogP contribution is -2.45. The fraction of sp³-hybridized carbons (Fsp3) is 0.160. The number of nitrogens with one attached hydrogen (secondary N) is 2. The van der Waals surface area contributed by atoms with E-state index in [1.165, 1.54) is 12.1 Å². The van der Waals surface area contributed by atoms with Crippen molar-refractivity contribution in [1.29, 1.82) is 0 Å². The van der Waals surface area contributed by atoms with Gasteiger partial charge in [0.15, 0.2) is 0 Å². The van der Waals surface area contributed by atoms with Crippen LogP contribution in [0.3, 0.4) is 0 Å². The van der Waals surface area contributed by atoms with Gasteiger partial charge in [0, 0.05) is 11.6 Å². The smallest absolute Gasteiger partial charge is 0.407 e. The van der Waals surface area contributed by atoms with E-state index < -0.39 is 36.2 Å². The molecule has 3 aromatic rings. The lowest BCUT2D eigenvalue weighted by Gasteiger charge is -2.18. The zero-order chi connectivity index (χ0) is 23.4. The minimum atomic E-state index is -1.37. The van der Waals surface area contributed by atoms with Crippen LogP contribution >= 0.6 is 0 Å². The summed E-state index contributed by atoms with van der Waals surface area (Å²) < 4.78 is 18.5. The number of benzene rings is 3. The Bertz CT molecular complexity index is 1150. The average molecular weight is 448 g/mol. The van der Waals surface area contributed by atoms with Crippen LogP contribution in [0.2, 0.25) is 0 Å². The summed E-state index contributed by atoms with van der Waals surface area (Å²) in [6.07, 6.45) is -1.55. The number of hydrogen-bond donors (Lipinski definition) is 3. The van der Waals surface area contributed by atoms with Crippen molar-refractivity contribution in [3.8, 4) is 11.1 Å². The van der Waals surface area contributed by atoms with E-state index in [1.807, 2.05) is 48.5 Å². The Balaban J connectivity index is 1.42. The number of ether oxygens (including phenoxy) is 1. The number of halogens is 1. The molecule has 0 heterocycles. The van der Waals surface area contributed by atoms with Gasteiger partial charge in [-0.1, -0.05) is 48.5 Å².